The number of ether oxygens (including phenoxy) is 1. The Balaban J connectivity index is 2.46. The maximum atomic E-state index is 5.13. The van der Waals surface area contributed by atoms with Gasteiger partial charge in [-0.05, 0) is 13.0 Å². The second kappa shape index (κ2) is 2.27. The third-order valence-corrected chi connectivity index (χ3v) is 2.32. The predicted molar refractivity (Wildman–Crippen MR) is 37.4 cm³/mol. The topological polar surface area (TPSA) is 21.3 Å². The van der Waals surface area contributed by atoms with Crippen LogP contribution in [0.5, 0.6) is 0 Å². The van der Waals surface area contributed by atoms with Crippen molar-refractivity contribution in [2.75, 3.05) is 20.3 Å². The van der Waals surface area contributed by atoms with Gasteiger partial charge in [0.2, 0.25) is 0 Å². The molecule has 1 heterocycles. The lowest BCUT2D eigenvalue weighted by Crippen LogP contribution is -2.62. The maximum absolute atomic E-state index is 5.13. The Kier molecular flexibility index (Phi) is 1.78. The summed E-state index contributed by atoms with van der Waals surface area (Å²) in [5, 5.41) is 3.29. The van der Waals surface area contributed by atoms with Gasteiger partial charge in [-0.25, -0.2) is 0 Å². The van der Waals surface area contributed by atoms with E-state index in [9.17, 15) is 0 Å². The van der Waals surface area contributed by atoms with Gasteiger partial charge in [0, 0.05) is 0 Å². The third kappa shape index (κ3) is 0.970. The standard InChI is InChI=1S/C7H15NO/c1-6(2)7(8-3)4-9-5-7/h6,8H,4-5H2,1-3H3. The van der Waals surface area contributed by atoms with Gasteiger partial charge in [0.25, 0.3) is 0 Å². The second-order valence-corrected chi connectivity index (χ2v) is 3.05. The molecule has 0 unspecified atom stereocenters. The van der Waals surface area contributed by atoms with Gasteiger partial charge in [0.15, 0.2) is 0 Å². The molecule has 0 aromatic heterocycles. The van der Waals surface area contributed by atoms with E-state index in [1.54, 1.807) is 0 Å². The van der Waals surface area contributed by atoms with E-state index in [4.69, 9.17) is 4.74 Å². The van der Waals surface area contributed by atoms with Crippen LogP contribution in [0, 0.1) is 5.92 Å². The predicted octanol–water partition coefficient (Wildman–Crippen LogP) is 0.631. The molecule has 0 spiro atoms. The highest BCUT2D eigenvalue weighted by Gasteiger charge is 2.39. The fourth-order valence-electron chi connectivity index (χ4n) is 1.09. The first-order valence-electron chi connectivity index (χ1n) is 3.48. The first kappa shape index (κ1) is 7.03. The van der Waals surface area contributed by atoms with Crippen LogP contribution in [-0.4, -0.2) is 25.8 Å². The molecule has 1 saturated heterocycles. The molecular weight excluding hydrogens is 114 g/mol. The summed E-state index contributed by atoms with van der Waals surface area (Å²) >= 11 is 0. The summed E-state index contributed by atoms with van der Waals surface area (Å²) in [5.41, 5.74) is 0.292. The van der Waals surface area contributed by atoms with Gasteiger partial charge in [-0.3, -0.25) is 0 Å². The molecule has 0 atom stereocenters. The van der Waals surface area contributed by atoms with E-state index in [-0.39, 0.29) is 0 Å². The Morgan fingerprint density at radius 2 is 2.00 bits per heavy atom. The fraction of sp³-hybridized carbons (Fsp3) is 1.00. The maximum Gasteiger partial charge on any atom is 0.0674 e. The van der Waals surface area contributed by atoms with E-state index < -0.39 is 0 Å². The van der Waals surface area contributed by atoms with Crippen molar-refractivity contribution in [3.63, 3.8) is 0 Å². The van der Waals surface area contributed by atoms with Crippen LogP contribution < -0.4 is 5.32 Å². The monoisotopic (exact) mass is 129 g/mol. The lowest BCUT2D eigenvalue weighted by molar-refractivity contribution is -0.0937. The highest BCUT2D eigenvalue weighted by atomic mass is 16.5. The van der Waals surface area contributed by atoms with E-state index in [1.807, 2.05) is 7.05 Å². The first-order chi connectivity index (χ1) is 4.21. The normalized spacial score (nSPS) is 24.0. The van der Waals surface area contributed by atoms with E-state index in [0.29, 0.717) is 11.5 Å². The van der Waals surface area contributed by atoms with Gasteiger partial charge in [0.05, 0.1) is 18.8 Å². The van der Waals surface area contributed by atoms with Gasteiger partial charge in [-0.1, -0.05) is 13.8 Å². The lowest BCUT2D eigenvalue weighted by atomic mass is 9.85. The quantitative estimate of drug-likeness (QED) is 0.590. The minimum absolute atomic E-state index is 0.292. The molecule has 1 N–H and O–H groups in total. The molecule has 0 aliphatic carbocycles. The molecule has 54 valence electrons. The highest BCUT2D eigenvalue weighted by molar-refractivity contribution is 4.95. The molecule has 9 heavy (non-hydrogen) atoms. The van der Waals surface area contributed by atoms with Crippen molar-refractivity contribution < 1.29 is 4.74 Å². The summed E-state index contributed by atoms with van der Waals surface area (Å²) in [7, 11) is 2.00. The van der Waals surface area contributed by atoms with Gasteiger partial charge >= 0.3 is 0 Å². The summed E-state index contributed by atoms with van der Waals surface area (Å²) in [4.78, 5) is 0. The minimum Gasteiger partial charge on any atom is -0.377 e. The van der Waals surface area contributed by atoms with Crippen molar-refractivity contribution in [1.29, 1.82) is 0 Å². The van der Waals surface area contributed by atoms with Gasteiger partial charge in [0.1, 0.15) is 0 Å². The summed E-state index contributed by atoms with van der Waals surface area (Å²) in [5.74, 6) is 0.677. The van der Waals surface area contributed by atoms with Gasteiger partial charge in [-0.15, -0.1) is 0 Å². The molecule has 2 heteroatoms. The molecule has 0 bridgehead atoms. The molecule has 0 aromatic carbocycles. The van der Waals surface area contributed by atoms with Crippen LogP contribution in [0.15, 0.2) is 0 Å². The zero-order chi connectivity index (χ0) is 6.91. The highest BCUT2D eigenvalue weighted by Crippen LogP contribution is 2.24. The number of hydrogen-bond acceptors (Lipinski definition) is 2. The van der Waals surface area contributed by atoms with Gasteiger partial charge in [-0.2, -0.15) is 0 Å². The van der Waals surface area contributed by atoms with Crippen LogP contribution in [0.1, 0.15) is 13.8 Å². The Morgan fingerprint density at radius 1 is 1.44 bits per heavy atom. The van der Waals surface area contributed by atoms with Crippen LogP contribution in [0.2, 0.25) is 0 Å². The zero-order valence-corrected chi connectivity index (χ0v) is 6.40. The number of nitrogens with one attached hydrogen (secondary N) is 1. The molecule has 1 aliphatic heterocycles. The molecule has 1 rings (SSSR count). The third-order valence-electron chi connectivity index (χ3n) is 2.32. The Morgan fingerprint density at radius 3 is 2.00 bits per heavy atom. The van der Waals surface area contributed by atoms with E-state index in [0.717, 1.165) is 13.2 Å². The van der Waals surface area contributed by atoms with Gasteiger partial charge < -0.3 is 10.1 Å². The van der Waals surface area contributed by atoms with E-state index in [1.165, 1.54) is 0 Å². The Bertz CT molecular complexity index is 91.6. The molecule has 0 radical (unpaired) electrons. The van der Waals surface area contributed by atoms with E-state index in [2.05, 4.69) is 19.2 Å². The summed E-state index contributed by atoms with van der Waals surface area (Å²) in [6.45, 7) is 6.19. The summed E-state index contributed by atoms with van der Waals surface area (Å²) in [6, 6.07) is 0. The fourth-order valence-corrected chi connectivity index (χ4v) is 1.09. The van der Waals surface area contributed by atoms with Crippen LogP contribution in [0.25, 0.3) is 0 Å². The molecule has 0 saturated carbocycles. The Labute approximate surface area is 56.6 Å². The largest absolute Gasteiger partial charge is 0.377 e. The number of likely N-dealkylation sites (N-methyl/N-ethyl adjacent to an activating group) is 1. The van der Waals surface area contributed by atoms with Crippen LogP contribution in [0.4, 0.5) is 0 Å². The zero-order valence-electron chi connectivity index (χ0n) is 6.40. The average molecular weight is 129 g/mol. The van der Waals surface area contributed by atoms with Crippen molar-refractivity contribution in [2.24, 2.45) is 5.92 Å². The van der Waals surface area contributed by atoms with E-state index >= 15 is 0 Å². The van der Waals surface area contributed by atoms with Crippen molar-refractivity contribution in [2.45, 2.75) is 19.4 Å². The minimum atomic E-state index is 0.292. The molecule has 1 fully saturated rings. The Hall–Kier alpha value is -0.0800. The van der Waals surface area contributed by atoms with Crippen molar-refractivity contribution in [3.8, 4) is 0 Å². The number of hydrogen-bond donors (Lipinski definition) is 1. The molecule has 0 amide bonds. The molecule has 2 nitrogen and oxygen atoms in total. The second-order valence-electron chi connectivity index (χ2n) is 3.05. The lowest BCUT2D eigenvalue weighted by Gasteiger charge is -2.44. The van der Waals surface area contributed by atoms with Crippen molar-refractivity contribution >= 4 is 0 Å². The molecule has 0 aromatic rings. The average Bonchev–Trinajstić information content (AvgIpc) is 1.62. The van der Waals surface area contributed by atoms with Crippen molar-refractivity contribution in [1.82, 2.24) is 5.32 Å². The van der Waals surface area contributed by atoms with Crippen LogP contribution >= 0.6 is 0 Å². The first-order valence-corrected chi connectivity index (χ1v) is 3.48. The SMILES string of the molecule is CNC1(C(C)C)COC1. The smallest absolute Gasteiger partial charge is 0.0674 e. The van der Waals surface area contributed by atoms with Crippen LogP contribution in [-0.2, 0) is 4.74 Å². The molecular formula is C7H15NO. The van der Waals surface area contributed by atoms with Crippen LogP contribution in [0.3, 0.4) is 0 Å². The molecule has 1 aliphatic rings. The van der Waals surface area contributed by atoms with Crippen molar-refractivity contribution in [3.05, 3.63) is 0 Å². The number of rotatable bonds is 2. The summed E-state index contributed by atoms with van der Waals surface area (Å²) in [6.07, 6.45) is 0. The summed E-state index contributed by atoms with van der Waals surface area (Å²) < 4.78 is 5.13.